The van der Waals surface area contributed by atoms with Gasteiger partial charge >= 0.3 is 0 Å². The van der Waals surface area contributed by atoms with E-state index < -0.39 is 0 Å². The van der Waals surface area contributed by atoms with Crippen LogP contribution in [0, 0.1) is 11.8 Å². The van der Waals surface area contributed by atoms with Crippen LogP contribution in [0.15, 0.2) is 24.3 Å². The van der Waals surface area contributed by atoms with E-state index in [0.29, 0.717) is 23.5 Å². The number of rotatable bonds is 3. The average Bonchev–Trinajstić information content (AvgIpc) is 2.60. The van der Waals surface area contributed by atoms with E-state index >= 15 is 0 Å². The molecule has 5 nitrogen and oxygen atoms in total. The highest BCUT2D eigenvalue weighted by Gasteiger charge is 2.34. The lowest BCUT2D eigenvalue weighted by Gasteiger charge is -2.40. The Balaban J connectivity index is 1.55. The number of phenols is 1. The van der Waals surface area contributed by atoms with E-state index in [-0.39, 0.29) is 6.04 Å². The van der Waals surface area contributed by atoms with Crippen LogP contribution < -0.4 is 9.80 Å². The van der Waals surface area contributed by atoms with Gasteiger partial charge in [0.1, 0.15) is 5.75 Å². The number of likely N-dealkylation sites (tertiary alicyclic amines) is 1. The molecule has 2 saturated heterocycles. The van der Waals surface area contributed by atoms with Gasteiger partial charge in [0.15, 0.2) is 6.04 Å². The van der Waals surface area contributed by atoms with Crippen LogP contribution >= 0.6 is 0 Å². The minimum atomic E-state index is 0.0412. The van der Waals surface area contributed by atoms with Crippen molar-refractivity contribution in [1.82, 2.24) is 4.90 Å². The van der Waals surface area contributed by atoms with Gasteiger partial charge in [0.25, 0.3) is 5.91 Å². The van der Waals surface area contributed by atoms with Crippen LogP contribution in [0.3, 0.4) is 0 Å². The molecule has 0 aromatic heterocycles. The van der Waals surface area contributed by atoms with Gasteiger partial charge in [0, 0.05) is 18.8 Å². The van der Waals surface area contributed by atoms with Crippen molar-refractivity contribution in [2.24, 2.45) is 11.8 Å². The molecule has 1 aromatic rings. The molecule has 25 heavy (non-hydrogen) atoms. The Bertz CT molecular complexity index is 571. The number of amides is 1. The zero-order valence-electron chi connectivity index (χ0n) is 15.7. The number of carbonyl (C=O) groups excluding carboxylic acids is 1. The van der Waals surface area contributed by atoms with Crippen LogP contribution in [-0.2, 0) is 4.79 Å². The predicted molar refractivity (Wildman–Crippen MR) is 100 cm³/mol. The van der Waals surface area contributed by atoms with Crippen LogP contribution in [0.25, 0.3) is 0 Å². The molecule has 5 heteroatoms. The third-order valence-electron chi connectivity index (χ3n) is 5.78. The van der Waals surface area contributed by atoms with E-state index in [1.54, 1.807) is 12.1 Å². The van der Waals surface area contributed by atoms with Gasteiger partial charge in [-0.05, 0) is 49.4 Å². The van der Waals surface area contributed by atoms with Gasteiger partial charge < -0.3 is 19.8 Å². The molecule has 2 aliphatic heterocycles. The number of carbonyl (C=O) groups is 1. The summed E-state index contributed by atoms with van der Waals surface area (Å²) in [6.45, 7) is 12.3. The summed E-state index contributed by atoms with van der Waals surface area (Å²) in [7, 11) is 0. The summed E-state index contributed by atoms with van der Waals surface area (Å²) < 4.78 is 0. The number of nitrogens with zero attached hydrogens (tertiary/aromatic N) is 2. The van der Waals surface area contributed by atoms with Gasteiger partial charge in [-0.1, -0.05) is 13.8 Å². The zero-order valence-corrected chi connectivity index (χ0v) is 15.7. The number of benzene rings is 1. The topological polar surface area (TPSA) is 48.2 Å². The van der Waals surface area contributed by atoms with Crippen molar-refractivity contribution in [3.63, 3.8) is 0 Å². The quantitative estimate of drug-likeness (QED) is 0.858. The summed E-state index contributed by atoms with van der Waals surface area (Å²) >= 11 is 0. The minimum absolute atomic E-state index is 0.0412. The third kappa shape index (κ3) is 4.27. The van der Waals surface area contributed by atoms with Crippen molar-refractivity contribution in [1.29, 1.82) is 0 Å². The Labute approximate surface area is 151 Å². The van der Waals surface area contributed by atoms with Crippen LogP contribution in [-0.4, -0.2) is 61.2 Å². The van der Waals surface area contributed by atoms with E-state index in [1.165, 1.54) is 11.3 Å². The molecule has 3 rings (SSSR count). The van der Waals surface area contributed by atoms with Gasteiger partial charge in [-0.25, -0.2) is 0 Å². The van der Waals surface area contributed by atoms with Crippen molar-refractivity contribution in [2.75, 3.05) is 44.2 Å². The van der Waals surface area contributed by atoms with E-state index in [2.05, 4.69) is 30.6 Å². The average molecular weight is 346 g/mol. The number of hydrogen-bond donors (Lipinski definition) is 2. The molecule has 0 unspecified atom stereocenters. The van der Waals surface area contributed by atoms with Crippen molar-refractivity contribution >= 4 is 11.6 Å². The fourth-order valence-corrected chi connectivity index (χ4v) is 4.44. The normalized spacial score (nSPS) is 26.5. The van der Waals surface area contributed by atoms with Gasteiger partial charge in [0.05, 0.1) is 26.2 Å². The summed E-state index contributed by atoms with van der Waals surface area (Å²) in [5.41, 5.74) is 1.15. The molecule has 2 aliphatic rings. The monoisotopic (exact) mass is 346 g/mol. The first-order valence-electron chi connectivity index (χ1n) is 9.61. The van der Waals surface area contributed by atoms with Gasteiger partial charge in [-0.2, -0.15) is 0 Å². The molecule has 138 valence electrons. The predicted octanol–water partition coefficient (Wildman–Crippen LogP) is 0.990. The van der Waals surface area contributed by atoms with Gasteiger partial charge in [0.2, 0.25) is 0 Å². The smallest absolute Gasteiger partial charge is 0.280 e. The Morgan fingerprint density at radius 2 is 1.68 bits per heavy atom. The zero-order chi connectivity index (χ0) is 18.0. The maximum absolute atomic E-state index is 12.9. The second-order valence-electron chi connectivity index (χ2n) is 8.07. The van der Waals surface area contributed by atoms with Crippen LogP contribution in [0.4, 0.5) is 5.69 Å². The lowest BCUT2D eigenvalue weighted by atomic mass is 9.91. The Morgan fingerprint density at radius 1 is 1.12 bits per heavy atom. The number of piperazine rings is 1. The summed E-state index contributed by atoms with van der Waals surface area (Å²) in [4.78, 5) is 18.8. The molecular formula is C20H32N3O2+. The number of quaternary nitrogens is 1. The van der Waals surface area contributed by atoms with Gasteiger partial charge in [-0.15, -0.1) is 0 Å². The Kier molecular flexibility index (Phi) is 5.52. The highest BCUT2D eigenvalue weighted by molar-refractivity contribution is 5.80. The molecule has 0 spiro atoms. The molecule has 0 radical (unpaired) electrons. The molecule has 0 saturated carbocycles. The number of phenolic OH excluding ortho intramolecular Hbond substituents is 1. The van der Waals surface area contributed by atoms with Crippen LogP contribution in [0.5, 0.6) is 5.75 Å². The fourth-order valence-electron chi connectivity index (χ4n) is 4.44. The van der Waals surface area contributed by atoms with Crippen molar-refractivity contribution < 1.29 is 14.8 Å². The first-order chi connectivity index (χ1) is 11.9. The van der Waals surface area contributed by atoms with Crippen molar-refractivity contribution in [2.45, 2.75) is 33.2 Å². The second-order valence-corrected chi connectivity index (χ2v) is 8.07. The number of aromatic hydroxyl groups is 1. The SMILES string of the molecule is C[C@H]1C[C@H](C)CN(C(=O)[C@@H](C)[NH+]2CCN(c3ccc(O)cc3)CC2)C1. The highest BCUT2D eigenvalue weighted by atomic mass is 16.3. The van der Waals surface area contributed by atoms with Crippen molar-refractivity contribution in [3.05, 3.63) is 24.3 Å². The standard InChI is InChI=1S/C20H31N3O2/c1-15-12-16(2)14-23(13-15)20(25)17(3)21-8-10-22(11-9-21)18-4-6-19(24)7-5-18/h4-7,15-17,24H,8-14H2,1-3H3/p+1/t15-,16-,17+/m0/s1. The summed E-state index contributed by atoms with van der Waals surface area (Å²) in [5, 5.41) is 9.43. The van der Waals surface area contributed by atoms with E-state index in [1.807, 2.05) is 12.1 Å². The molecule has 2 N–H and O–H groups in total. The largest absolute Gasteiger partial charge is 0.508 e. The summed E-state index contributed by atoms with van der Waals surface area (Å²) in [6.07, 6.45) is 1.23. The molecule has 0 aliphatic carbocycles. The summed E-state index contributed by atoms with van der Waals surface area (Å²) in [5.74, 6) is 1.85. The molecule has 3 atom stereocenters. The molecule has 2 fully saturated rings. The number of hydrogen-bond acceptors (Lipinski definition) is 3. The summed E-state index contributed by atoms with van der Waals surface area (Å²) in [6, 6.07) is 7.44. The maximum Gasteiger partial charge on any atom is 0.280 e. The van der Waals surface area contributed by atoms with Crippen LogP contribution in [0.1, 0.15) is 27.2 Å². The minimum Gasteiger partial charge on any atom is -0.508 e. The lowest BCUT2D eigenvalue weighted by Crippen LogP contribution is -3.19. The van der Waals surface area contributed by atoms with E-state index in [0.717, 1.165) is 45.0 Å². The molecular weight excluding hydrogens is 314 g/mol. The third-order valence-corrected chi connectivity index (χ3v) is 5.78. The molecule has 1 amide bonds. The molecule has 2 heterocycles. The maximum atomic E-state index is 12.9. The number of piperidine rings is 1. The molecule has 1 aromatic carbocycles. The molecule has 0 bridgehead atoms. The number of nitrogens with one attached hydrogen (secondary N) is 1. The Morgan fingerprint density at radius 3 is 2.24 bits per heavy atom. The fraction of sp³-hybridized carbons (Fsp3) is 0.650. The van der Waals surface area contributed by atoms with E-state index in [9.17, 15) is 9.90 Å². The highest BCUT2D eigenvalue weighted by Crippen LogP contribution is 2.21. The first-order valence-corrected chi connectivity index (χ1v) is 9.61. The van der Waals surface area contributed by atoms with Crippen molar-refractivity contribution in [3.8, 4) is 5.75 Å². The second kappa shape index (κ2) is 7.65. The Hall–Kier alpha value is -1.75. The number of anilines is 1. The van der Waals surface area contributed by atoms with Gasteiger partial charge in [-0.3, -0.25) is 4.79 Å². The van der Waals surface area contributed by atoms with Crippen LogP contribution in [0.2, 0.25) is 0 Å². The van der Waals surface area contributed by atoms with E-state index in [4.69, 9.17) is 0 Å². The first kappa shape index (κ1) is 18.1. The lowest BCUT2D eigenvalue weighted by molar-refractivity contribution is -0.915.